The molecule has 0 bridgehead atoms. The highest BCUT2D eigenvalue weighted by Gasteiger charge is 2.13. The fraction of sp³-hybridized carbons (Fsp3) is 0.176. The smallest absolute Gasteiger partial charge is 0.341 e. The van der Waals surface area contributed by atoms with Crippen molar-refractivity contribution in [1.82, 2.24) is 0 Å². The maximum absolute atomic E-state index is 11.8. The lowest BCUT2D eigenvalue weighted by atomic mass is 10.1. The summed E-state index contributed by atoms with van der Waals surface area (Å²) in [6.45, 7) is 2.33. The van der Waals surface area contributed by atoms with Gasteiger partial charge in [-0.1, -0.05) is 43.3 Å². The van der Waals surface area contributed by atoms with Gasteiger partial charge >= 0.3 is 5.97 Å². The Bertz CT molecular complexity index is 576. The van der Waals surface area contributed by atoms with Crippen LogP contribution >= 0.6 is 0 Å². The van der Waals surface area contributed by atoms with Crippen LogP contribution in [0.25, 0.3) is 0 Å². The summed E-state index contributed by atoms with van der Waals surface area (Å²) in [6.07, 6.45) is 1.92. The lowest BCUT2D eigenvalue weighted by Gasteiger charge is -2.11. The Balaban J connectivity index is 2.20. The van der Waals surface area contributed by atoms with Gasteiger partial charge in [0.1, 0.15) is 17.9 Å². The second-order valence-electron chi connectivity index (χ2n) is 4.31. The third kappa shape index (κ3) is 3.38. The van der Waals surface area contributed by atoms with Crippen molar-refractivity contribution in [3.8, 4) is 5.75 Å². The monoisotopic (exact) mass is 269 g/mol. The summed E-state index contributed by atoms with van der Waals surface area (Å²) in [7, 11) is 1.37. The van der Waals surface area contributed by atoms with Crippen molar-refractivity contribution in [3.63, 3.8) is 0 Å². The van der Waals surface area contributed by atoms with Crippen molar-refractivity contribution < 1.29 is 14.3 Å². The van der Waals surface area contributed by atoms with Crippen molar-refractivity contribution in [2.24, 2.45) is 0 Å². The van der Waals surface area contributed by atoms with E-state index in [-0.39, 0.29) is 0 Å². The number of esters is 1. The van der Waals surface area contributed by atoms with Crippen LogP contribution in [0, 0.1) is 6.42 Å². The quantitative estimate of drug-likeness (QED) is 0.778. The summed E-state index contributed by atoms with van der Waals surface area (Å²) in [6, 6.07) is 15.3. The molecule has 2 aromatic rings. The number of hydrogen-bond acceptors (Lipinski definition) is 3. The highest BCUT2D eigenvalue weighted by Crippen LogP contribution is 2.23. The maximum atomic E-state index is 11.8. The van der Waals surface area contributed by atoms with Crippen molar-refractivity contribution in [2.45, 2.75) is 13.5 Å². The summed E-state index contributed by atoms with van der Waals surface area (Å²) >= 11 is 0. The van der Waals surface area contributed by atoms with E-state index in [1.54, 1.807) is 12.1 Å². The fourth-order valence-electron chi connectivity index (χ4n) is 1.86. The molecule has 0 unspecified atom stereocenters. The standard InChI is InChI=1S/C17H17O3/c1-3-13-9-10-16(15(11-13)17(18)19-2)20-12-14-7-5-4-6-8-14/h3-11H,12H2,1-2H3. The molecule has 0 aromatic heterocycles. The molecule has 0 aliphatic carbocycles. The first kappa shape index (κ1) is 14.1. The summed E-state index contributed by atoms with van der Waals surface area (Å²) in [5, 5.41) is 0. The molecule has 0 spiro atoms. The summed E-state index contributed by atoms with van der Waals surface area (Å²) in [4.78, 5) is 11.8. The lowest BCUT2D eigenvalue weighted by Crippen LogP contribution is -2.06. The van der Waals surface area contributed by atoms with Gasteiger partial charge in [-0.3, -0.25) is 0 Å². The number of benzene rings is 2. The topological polar surface area (TPSA) is 35.5 Å². The average molecular weight is 269 g/mol. The molecular weight excluding hydrogens is 252 g/mol. The zero-order valence-corrected chi connectivity index (χ0v) is 11.6. The first-order valence-corrected chi connectivity index (χ1v) is 6.43. The summed E-state index contributed by atoms with van der Waals surface area (Å²) in [5.74, 6) is 0.142. The molecule has 0 N–H and O–H groups in total. The molecule has 0 atom stereocenters. The van der Waals surface area contributed by atoms with Gasteiger partial charge in [-0.05, 0) is 29.7 Å². The van der Waals surface area contributed by atoms with E-state index in [1.165, 1.54) is 7.11 Å². The Morgan fingerprint density at radius 2 is 1.90 bits per heavy atom. The molecule has 3 heteroatoms. The lowest BCUT2D eigenvalue weighted by molar-refractivity contribution is 0.0595. The van der Waals surface area contributed by atoms with Crippen LogP contribution in [0.4, 0.5) is 0 Å². The molecule has 3 nitrogen and oxygen atoms in total. The van der Waals surface area contributed by atoms with Gasteiger partial charge < -0.3 is 9.47 Å². The molecule has 0 saturated carbocycles. The summed E-state index contributed by atoms with van der Waals surface area (Å²) in [5.41, 5.74) is 2.45. The largest absolute Gasteiger partial charge is 0.488 e. The van der Waals surface area contributed by atoms with Crippen molar-refractivity contribution in [2.75, 3.05) is 7.11 Å². The van der Waals surface area contributed by atoms with Gasteiger partial charge in [0.15, 0.2) is 0 Å². The van der Waals surface area contributed by atoms with Crippen molar-refractivity contribution in [3.05, 3.63) is 71.6 Å². The van der Waals surface area contributed by atoms with E-state index in [4.69, 9.17) is 9.47 Å². The first-order chi connectivity index (χ1) is 9.74. The molecule has 0 fully saturated rings. The Morgan fingerprint density at radius 3 is 2.55 bits per heavy atom. The minimum atomic E-state index is -0.392. The van der Waals surface area contributed by atoms with Crippen LogP contribution < -0.4 is 4.74 Å². The van der Waals surface area contributed by atoms with Crippen LogP contribution in [0.5, 0.6) is 5.75 Å². The number of carbonyl (C=O) groups excluding carboxylic acids is 1. The molecule has 20 heavy (non-hydrogen) atoms. The van der Waals surface area contributed by atoms with E-state index in [2.05, 4.69) is 0 Å². The van der Waals surface area contributed by atoms with Crippen LogP contribution in [-0.4, -0.2) is 13.1 Å². The van der Waals surface area contributed by atoms with Gasteiger partial charge in [0.2, 0.25) is 0 Å². The minimum absolute atomic E-state index is 0.392. The predicted octanol–water partition coefficient (Wildman–Crippen LogP) is 3.62. The number of methoxy groups -OCH3 is 1. The molecular formula is C17H17O3. The second-order valence-corrected chi connectivity index (χ2v) is 4.31. The number of ether oxygens (including phenoxy) is 2. The molecule has 103 valence electrons. The summed E-state index contributed by atoms with van der Waals surface area (Å²) < 4.78 is 10.5. The molecule has 0 aliphatic rings. The second kappa shape index (κ2) is 6.75. The maximum Gasteiger partial charge on any atom is 0.341 e. The predicted molar refractivity (Wildman–Crippen MR) is 77.6 cm³/mol. The SMILES string of the molecule is C[CH]c1ccc(OCc2ccccc2)c(C(=O)OC)c1. The van der Waals surface area contributed by atoms with Gasteiger partial charge in [0.05, 0.1) is 7.11 Å². The molecule has 0 amide bonds. The van der Waals surface area contributed by atoms with Crippen LogP contribution in [0.3, 0.4) is 0 Å². The zero-order valence-electron chi connectivity index (χ0n) is 11.6. The molecule has 1 radical (unpaired) electrons. The van der Waals surface area contributed by atoms with Crippen LogP contribution in [0.2, 0.25) is 0 Å². The number of rotatable bonds is 5. The highest BCUT2D eigenvalue weighted by atomic mass is 16.5. The number of hydrogen-bond donors (Lipinski definition) is 0. The van der Waals surface area contributed by atoms with E-state index < -0.39 is 5.97 Å². The Hall–Kier alpha value is -2.29. The van der Waals surface area contributed by atoms with E-state index in [1.807, 2.05) is 49.7 Å². The molecule has 0 aliphatic heterocycles. The van der Waals surface area contributed by atoms with E-state index in [0.717, 1.165) is 11.1 Å². The van der Waals surface area contributed by atoms with Crippen molar-refractivity contribution in [1.29, 1.82) is 0 Å². The Kier molecular flexibility index (Phi) is 4.77. The van der Waals surface area contributed by atoms with Gasteiger partial charge in [-0.25, -0.2) is 4.79 Å². The Labute approximate surface area is 119 Å². The molecule has 0 heterocycles. The van der Waals surface area contributed by atoms with Crippen LogP contribution in [-0.2, 0) is 11.3 Å². The third-order valence-corrected chi connectivity index (χ3v) is 2.98. The van der Waals surface area contributed by atoms with Gasteiger partial charge in [-0.15, -0.1) is 0 Å². The van der Waals surface area contributed by atoms with Gasteiger partial charge in [-0.2, -0.15) is 0 Å². The van der Waals surface area contributed by atoms with Gasteiger partial charge in [0.25, 0.3) is 0 Å². The fourth-order valence-corrected chi connectivity index (χ4v) is 1.86. The van der Waals surface area contributed by atoms with Crippen LogP contribution in [0.1, 0.15) is 28.4 Å². The molecule has 2 rings (SSSR count). The number of carbonyl (C=O) groups is 1. The van der Waals surface area contributed by atoms with E-state index in [0.29, 0.717) is 17.9 Å². The van der Waals surface area contributed by atoms with E-state index >= 15 is 0 Å². The van der Waals surface area contributed by atoms with Crippen LogP contribution in [0.15, 0.2) is 48.5 Å². The van der Waals surface area contributed by atoms with Gasteiger partial charge in [0, 0.05) is 0 Å². The Morgan fingerprint density at radius 1 is 1.15 bits per heavy atom. The first-order valence-electron chi connectivity index (χ1n) is 6.43. The highest BCUT2D eigenvalue weighted by molar-refractivity contribution is 5.92. The normalized spacial score (nSPS) is 10.1. The molecule has 0 saturated heterocycles. The zero-order chi connectivity index (χ0) is 14.4. The third-order valence-electron chi connectivity index (χ3n) is 2.98. The van der Waals surface area contributed by atoms with E-state index in [9.17, 15) is 4.79 Å². The average Bonchev–Trinajstić information content (AvgIpc) is 2.53. The molecule has 2 aromatic carbocycles. The van der Waals surface area contributed by atoms with Crippen molar-refractivity contribution >= 4 is 5.97 Å². The minimum Gasteiger partial charge on any atom is -0.488 e.